The van der Waals surface area contributed by atoms with E-state index < -0.39 is 0 Å². The SMILES string of the molecule is CC(C)(C)c1ccc2c(c1)CC1(CCNC1)CCS2. The molecule has 0 bridgehead atoms. The van der Waals surface area contributed by atoms with Gasteiger partial charge in [0.1, 0.15) is 0 Å². The van der Waals surface area contributed by atoms with Crippen LogP contribution in [0.15, 0.2) is 23.1 Å². The van der Waals surface area contributed by atoms with Crippen molar-refractivity contribution in [1.29, 1.82) is 0 Å². The lowest BCUT2D eigenvalue weighted by Crippen LogP contribution is -2.26. The van der Waals surface area contributed by atoms with Gasteiger partial charge in [-0.15, -0.1) is 11.8 Å². The van der Waals surface area contributed by atoms with Crippen molar-refractivity contribution in [3.63, 3.8) is 0 Å². The van der Waals surface area contributed by atoms with Gasteiger partial charge in [-0.05, 0) is 59.6 Å². The minimum Gasteiger partial charge on any atom is -0.316 e. The van der Waals surface area contributed by atoms with Gasteiger partial charge in [0.2, 0.25) is 0 Å². The summed E-state index contributed by atoms with van der Waals surface area (Å²) in [5, 5.41) is 3.58. The van der Waals surface area contributed by atoms with Crippen molar-refractivity contribution in [2.75, 3.05) is 18.8 Å². The van der Waals surface area contributed by atoms with Crippen molar-refractivity contribution in [1.82, 2.24) is 5.32 Å². The fraction of sp³-hybridized carbons (Fsp3) is 0.647. The van der Waals surface area contributed by atoms with Crippen LogP contribution in [-0.4, -0.2) is 18.8 Å². The van der Waals surface area contributed by atoms with E-state index in [-0.39, 0.29) is 5.41 Å². The number of fused-ring (bicyclic) bond motifs is 1. The second-order valence-corrected chi connectivity index (χ2v) is 8.41. The maximum Gasteiger partial charge on any atom is 0.0104 e. The van der Waals surface area contributed by atoms with Crippen LogP contribution < -0.4 is 5.32 Å². The quantitative estimate of drug-likeness (QED) is 0.768. The van der Waals surface area contributed by atoms with E-state index in [9.17, 15) is 0 Å². The maximum atomic E-state index is 3.58. The minimum atomic E-state index is 0.257. The fourth-order valence-electron chi connectivity index (χ4n) is 3.35. The molecule has 2 heterocycles. The van der Waals surface area contributed by atoms with Crippen LogP contribution in [0, 0.1) is 5.41 Å². The van der Waals surface area contributed by atoms with Crippen molar-refractivity contribution in [3.05, 3.63) is 29.3 Å². The van der Waals surface area contributed by atoms with Crippen molar-refractivity contribution in [2.45, 2.75) is 50.3 Å². The summed E-state index contributed by atoms with van der Waals surface area (Å²) in [4.78, 5) is 1.52. The molecule has 1 fully saturated rings. The Balaban J connectivity index is 1.96. The molecule has 1 aromatic carbocycles. The first-order valence-electron chi connectivity index (χ1n) is 7.46. The second-order valence-electron chi connectivity index (χ2n) is 7.27. The first-order chi connectivity index (χ1) is 8.99. The summed E-state index contributed by atoms with van der Waals surface area (Å²) in [5.41, 5.74) is 3.87. The van der Waals surface area contributed by atoms with E-state index >= 15 is 0 Å². The van der Waals surface area contributed by atoms with Crippen LogP contribution in [-0.2, 0) is 11.8 Å². The Morgan fingerprint density at radius 2 is 2.05 bits per heavy atom. The predicted octanol–water partition coefficient (Wildman–Crippen LogP) is 4.00. The van der Waals surface area contributed by atoms with Crippen LogP contribution in [0.25, 0.3) is 0 Å². The summed E-state index contributed by atoms with van der Waals surface area (Å²) in [7, 11) is 0. The monoisotopic (exact) mass is 275 g/mol. The lowest BCUT2D eigenvalue weighted by molar-refractivity contribution is 0.311. The Kier molecular flexibility index (Phi) is 3.43. The molecule has 1 nitrogen and oxygen atoms in total. The summed E-state index contributed by atoms with van der Waals surface area (Å²) in [6.07, 6.45) is 3.99. The van der Waals surface area contributed by atoms with Gasteiger partial charge in [-0.2, -0.15) is 0 Å². The van der Waals surface area contributed by atoms with E-state index in [1.807, 2.05) is 0 Å². The lowest BCUT2D eigenvalue weighted by Gasteiger charge is -2.27. The highest BCUT2D eigenvalue weighted by Gasteiger charge is 2.36. The van der Waals surface area contributed by atoms with E-state index in [1.165, 1.54) is 48.6 Å². The molecule has 0 amide bonds. The molecule has 1 atom stereocenters. The number of nitrogens with one attached hydrogen (secondary N) is 1. The molecule has 3 rings (SSSR count). The average molecular weight is 275 g/mol. The molecule has 2 heteroatoms. The summed E-state index contributed by atoms with van der Waals surface area (Å²) in [5.74, 6) is 1.28. The van der Waals surface area contributed by atoms with Crippen LogP contribution >= 0.6 is 11.8 Å². The van der Waals surface area contributed by atoms with Gasteiger partial charge in [-0.1, -0.05) is 32.9 Å². The first-order valence-corrected chi connectivity index (χ1v) is 8.44. The number of rotatable bonds is 0. The summed E-state index contributed by atoms with van der Waals surface area (Å²) in [6, 6.07) is 7.17. The lowest BCUT2D eigenvalue weighted by atomic mass is 9.77. The molecule has 104 valence electrons. The Labute approximate surface area is 121 Å². The van der Waals surface area contributed by atoms with E-state index in [2.05, 4.69) is 56.0 Å². The van der Waals surface area contributed by atoms with Crippen LogP contribution in [0.2, 0.25) is 0 Å². The van der Waals surface area contributed by atoms with Gasteiger partial charge < -0.3 is 5.32 Å². The van der Waals surface area contributed by atoms with E-state index in [1.54, 1.807) is 5.56 Å². The van der Waals surface area contributed by atoms with E-state index in [4.69, 9.17) is 0 Å². The predicted molar refractivity (Wildman–Crippen MR) is 84.1 cm³/mol. The topological polar surface area (TPSA) is 12.0 Å². The van der Waals surface area contributed by atoms with Gasteiger partial charge in [0.25, 0.3) is 0 Å². The van der Waals surface area contributed by atoms with Crippen LogP contribution in [0.4, 0.5) is 0 Å². The van der Waals surface area contributed by atoms with Gasteiger partial charge in [-0.25, -0.2) is 0 Å². The number of hydrogen-bond acceptors (Lipinski definition) is 2. The Hall–Kier alpha value is -0.470. The van der Waals surface area contributed by atoms with Gasteiger partial charge in [0, 0.05) is 11.4 Å². The van der Waals surface area contributed by atoms with Crippen LogP contribution in [0.1, 0.15) is 44.7 Å². The Morgan fingerprint density at radius 3 is 2.74 bits per heavy atom. The van der Waals surface area contributed by atoms with Crippen molar-refractivity contribution >= 4 is 11.8 Å². The fourth-order valence-corrected chi connectivity index (χ4v) is 4.59. The summed E-state index contributed by atoms with van der Waals surface area (Å²) in [6.45, 7) is 9.36. The average Bonchev–Trinajstić information content (AvgIpc) is 2.70. The molecule has 1 aromatic rings. The molecule has 0 saturated carbocycles. The van der Waals surface area contributed by atoms with Crippen molar-refractivity contribution < 1.29 is 0 Å². The number of thioether (sulfide) groups is 1. The largest absolute Gasteiger partial charge is 0.316 e. The van der Waals surface area contributed by atoms with Crippen molar-refractivity contribution in [2.24, 2.45) is 5.41 Å². The van der Waals surface area contributed by atoms with Gasteiger partial charge in [0.05, 0.1) is 0 Å². The molecule has 2 aliphatic rings. The van der Waals surface area contributed by atoms with Crippen LogP contribution in [0.3, 0.4) is 0 Å². The van der Waals surface area contributed by atoms with Crippen molar-refractivity contribution in [3.8, 4) is 0 Å². The zero-order chi connectivity index (χ0) is 13.5. The smallest absolute Gasteiger partial charge is 0.0104 e. The molecule has 1 unspecified atom stereocenters. The second kappa shape index (κ2) is 4.82. The molecule has 0 aromatic heterocycles. The highest BCUT2D eigenvalue weighted by molar-refractivity contribution is 7.99. The van der Waals surface area contributed by atoms with E-state index in [0.29, 0.717) is 5.41 Å². The number of benzene rings is 1. The Morgan fingerprint density at radius 1 is 1.21 bits per heavy atom. The molecular formula is C17H25NS. The third-order valence-electron chi connectivity index (χ3n) is 4.71. The van der Waals surface area contributed by atoms with Gasteiger partial charge in [-0.3, -0.25) is 0 Å². The van der Waals surface area contributed by atoms with Crippen LogP contribution in [0.5, 0.6) is 0 Å². The zero-order valence-electron chi connectivity index (χ0n) is 12.4. The third-order valence-corrected chi connectivity index (χ3v) is 5.83. The summed E-state index contributed by atoms with van der Waals surface area (Å²) < 4.78 is 0. The summed E-state index contributed by atoms with van der Waals surface area (Å²) >= 11 is 2.06. The normalized spacial score (nSPS) is 27.3. The Bertz CT molecular complexity index is 467. The molecule has 1 saturated heterocycles. The number of hydrogen-bond donors (Lipinski definition) is 1. The molecule has 19 heavy (non-hydrogen) atoms. The highest BCUT2D eigenvalue weighted by atomic mass is 32.2. The third kappa shape index (κ3) is 2.71. The molecule has 1 N–H and O–H groups in total. The first kappa shape index (κ1) is 13.5. The molecule has 0 aliphatic carbocycles. The molecular weight excluding hydrogens is 250 g/mol. The minimum absolute atomic E-state index is 0.257. The van der Waals surface area contributed by atoms with E-state index in [0.717, 1.165) is 0 Å². The highest BCUT2D eigenvalue weighted by Crippen LogP contribution is 2.42. The molecule has 2 aliphatic heterocycles. The molecule has 1 spiro atoms. The van der Waals surface area contributed by atoms with Gasteiger partial charge in [0.15, 0.2) is 0 Å². The molecule has 0 radical (unpaired) electrons. The maximum absolute atomic E-state index is 3.58. The van der Waals surface area contributed by atoms with Gasteiger partial charge >= 0.3 is 0 Å². The standard InChI is InChI=1S/C17H25NS/c1-16(2,3)14-4-5-15-13(10-14)11-17(7-9-19-15)6-8-18-12-17/h4-5,10,18H,6-9,11-12H2,1-3H3. The zero-order valence-corrected chi connectivity index (χ0v) is 13.2.